The highest BCUT2D eigenvalue weighted by Crippen LogP contribution is 2.21. The number of hydrazine groups is 1. The third-order valence-corrected chi connectivity index (χ3v) is 2.56. The van der Waals surface area contributed by atoms with Gasteiger partial charge in [-0.3, -0.25) is 0 Å². The average Bonchev–Trinajstić information content (AvgIpc) is 2.66. The molecule has 1 aliphatic carbocycles. The Morgan fingerprint density at radius 1 is 1.50 bits per heavy atom. The van der Waals surface area contributed by atoms with Crippen LogP contribution in [0.2, 0.25) is 0 Å². The lowest BCUT2D eigenvalue weighted by atomic mass is 10.3. The van der Waals surface area contributed by atoms with Crippen LogP contribution in [0.3, 0.4) is 0 Å². The van der Waals surface area contributed by atoms with Crippen molar-refractivity contribution in [2.24, 2.45) is 5.84 Å². The molecular formula is C10H20N2O2. The molecule has 0 aromatic heterocycles. The van der Waals surface area contributed by atoms with Gasteiger partial charge in [-0.1, -0.05) is 13.3 Å². The van der Waals surface area contributed by atoms with Gasteiger partial charge in [0, 0.05) is 6.54 Å². The molecule has 0 aromatic carbocycles. The standard InChI is InChI=1S/C10H20N2O2/c1-2-3-8-12(11)10(13)14-9-6-4-5-7-9/h9H,2-8,11H2,1H3. The number of ether oxygens (including phenoxy) is 1. The van der Waals surface area contributed by atoms with Crippen LogP contribution in [0.4, 0.5) is 4.79 Å². The van der Waals surface area contributed by atoms with Crippen molar-refractivity contribution >= 4 is 6.09 Å². The Morgan fingerprint density at radius 2 is 2.14 bits per heavy atom. The van der Waals surface area contributed by atoms with E-state index in [0.29, 0.717) is 6.54 Å². The van der Waals surface area contributed by atoms with Crippen molar-refractivity contribution in [1.82, 2.24) is 5.01 Å². The van der Waals surface area contributed by atoms with E-state index in [-0.39, 0.29) is 12.2 Å². The van der Waals surface area contributed by atoms with Crippen molar-refractivity contribution in [3.63, 3.8) is 0 Å². The van der Waals surface area contributed by atoms with Crippen LogP contribution in [0, 0.1) is 0 Å². The molecule has 0 saturated heterocycles. The maximum Gasteiger partial charge on any atom is 0.424 e. The van der Waals surface area contributed by atoms with E-state index in [1.54, 1.807) is 0 Å². The lowest BCUT2D eigenvalue weighted by Gasteiger charge is -2.18. The molecule has 1 amide bonds. The molecule has 0 aliphatic heterocycles. The van der Waals surface area contributed by atoms with Crippen molar-refractivity contribution in [3.05, 3.63) is 0 Å². The third-order valence-electron chi connectivity index (χ3n) is 2.56. The Balaban J connectivity index is 2.18. The fraction of sp³-hybridized carbons (Fsp3) is 0.900. The first kappa shape index (κ1) is 11.3. The Morgan fingerprint density at radius 3 is 2.71 bits per heavy atom. The minimum Gasteiger partial charge on any atom is -0.445 e. The lowest BCUT2D eigenvalue weighted by molar-refractivity contribution is 0.0649. The maximum absolute atomic E-state index is 11.4. The number of amides is 1. The monoisotopic (exact) mass is 200 g/mol. The molecule has 0 bridgehead atoms. The van der Waals surface area contributed by atoms with E-state index in [9.17, 15) is 4.79 Å². The quantitative estimate of drug-likeness (QED) is 0.429. The summed E-state index contributed by atoms with van der Waals surface area (Å²) in [6, 6.07) is 0. The van der Waals surface area contributed by atoms with E-state index in [4.69, 9.17) is 10.6 Å². The summed E-state index contributed by atoms with van der Waals surface area (Å²) in [5.41, 5.74) is 0. The van der Waals surface area contributed by atoms with Gasteiger partial charge >= 0.3 is 6.09 Å². The first-order valence-corrected chi connectivity index (χ1v) is 5.47. The highest BCUT2D eigenvalue weighted by molar-refractivity contribution is 5.66. The van der Waals surface area contributed by atoms with Crippen LogP contribution in [-0.2, 0) is 4.74 Å². The van der Waals surface area contributed by atoms with Gasteiger partial charge in [-0.15, -0.1) is 0 Å². The van der Waals surface area contributed by atoms with E-state index in [1.165, 1.54) is 5.01 Å². The Labute approximate surface area is 85.4 Å². The minimum atomic E-state index is -0.370. The molecule has 4 nitrogen and oxygen atoms in total. The molecular weight excluding hydrogens is 180 g/mol. The number of hydrogen-bond donors (Lipinski definition) is 1. The lowest BCUT2D eigenvalue weighted by Crippen LogP contribution is -2.40. The zero-order valence-corrected chi connectivity index (χ0v) is 8.87. The summed E-state index contributed by atoms with van der Waals surface area (Å²) in [7, 11) is 0. The number of carbonyl (C=O) groups excluding carboxylic acids is 1. The molecule has 0 radical (unpaired) electrons. The van der Waals surface area contributed by atoms with Crippen LogP contribution < -0.4 is 5.84 Å². The Bertz CT molecular complexity index is 179. The molecule has 14 heavy (non-hydrogen) atoms. The summed E-state index contributed by atoms with van der Waals surface area (Å²) >= 11 is 0. The van der Waals surface area contributed by atoms with Gasteiger partial charge in [0.05, 0.1) is 0 Å². The molecule has 1 saturated carbocycles. The fourth-order valence-corrected chi connectivity index (χ4v) is 1.64. The third kappa shape index (κ3) is 3.54. The largest absolute Gasteiger partial charge is 0.445 e. The summed E-state index contributed by atoms with van der Waals surface area (Å²) < 4.78 is 5.23. The number of nitrogens with two attached hydrogens (primary N) is 1. The predicted molar refractivity (Wildman–Crippen MR) is 54.5 cm³/mol. The molecule has 0 spiro atoms. The Hall–Kier alpha value is -0.770. The van der Waals surface area contributed by atoms with Crippen LogP contribution in [0.15, 0.2) is 0 Å². The van der Waals surface area contributed by atoms with E-state index in [0.717, 1.165) is 38.5 Å². The minimum absolute atomic E-state index is 0.107. The van der Waals surface area contributed by atoms with E-state index >= 15 is 0 Å². The van der Waals surface area contributed by atoms with Gasteiger partial charge in [0.25, 0.3) is 0 Å². The van der Waals surface area contributed by atoms with Crippen LogP contribution in [0.25, 0.3) is 0 Å². The maximum atomic E-state index is 11.4. The van der Waals surface area contributed by atoms with Crippen LogP contribution in [0.1, 0.15) is 45.4 Å². The smallest absolute Gasteiger partial charge is 0.424 e. The highest BCUT2D eigenvalue weighted by atomic mass is 16.6. The summed E-state index contributed by atoms with van der Waals surface area (Å²) in [6.45, 7) is 2.65. The average molecular weight is 200 g/mol. The predicted octanol–water partition coefficient (Wildman–Crippen LogP) is 2.04. The first-order chi connectivity index (χ1) is 6.74. The van der Waals surface area contributed by atoms with Crippen LogP contribution in [-0.4, -0.2) is 23.8 Å². The van der Waals surface area contributed by atoms with E-state index in [2.05, 4.69) is 6.92 Å². The van der Waals surface area contributed by atoms with E-state index in [1.807, 2.05) is 0 Å². The van der Waals surface area contributed by atoms with Gasteiger partial charge in [-0.05, 0) is 32.1 Å². The van der Waals surface area contributed by atoms with Gasteiger partial charge in [0.15, 0.2) is 0 Å². The molecule has 0 atom stereocenters. The number of rotatable bonds is 4. The molecule has 4 heteroatoms. The van der Waals surface area contributed by atoms with Crippen molar-refractivity contribution < 1.29 is 9.53 Å². The number of unbranched alkanes of at least 4 members (excludes halogenated alkanes) is 1. The van der Waals surface area contributed by atoms with Gasteiger partial charge in [-0.2, -0.15) is 0 Å². The molecule has 1 aliphatic rings. The van der Waals surface area contributed by atoms with Crippen molar-refractivity contribution in [2.75, 3.05) is 6.54 Å². The topological polar surface area (TPSA) is 55.6 Å². The number of nitrogens with zero attached hydrogens (tertiary/aromatic N) is 1. The molecule has 0 aromatic rings. The zero-order valence-electron chi connectivity index (χ0n) is 8.87. The Kier molecular flexibility index (Phi) is 4.73. The van der Waals surface area contributed by atoms with Gasteiger partial charge < -0.3 is 4.74 Å². The van der Waals surface area contributed by atoms with Gasteiger partial charge in [0.1, 0.15) is 6.10 Å². The normalized spacial score (nSPS) is 17.0. The van der Waals surface area contributed by atoms with Crippen LogP contribution >= 0.6 is 0 Å². The van der Waals surface area contributed by atoms with Crippen molar-refractivity contribution in [1.29, 1.82) is 0 Å². The second kappa shape index (κ2) is 5.86. The molecule has 82 valence electrons. The molecule has 1 fully saturated rings. The summed E-state index contributed by atoms with van der Waals surface area (Å²) in [4.78, 5) is 11.4. The van der Waals surface area contributed by atoms with Crippen molar-refractivity contribution in [3.8, 4) is 0 Å². The summed E-state index contributed by atoms with van der Waals surface area (Å²) in [5, 5.41) is 1.18. The second-order valence-electron chi connectivity index (χ2n) is 3.84. The summed E-state index contributed by atoms with van der Waals surface area (Å²) in [6.07, 6.45) is 6.01. The highest BCUT2D eigenvalue weighted by Gasteiger charge is 2.21. The molecule has 2 N–H and O–H groups in total. The molecule has 0 heterocycles. The zero-order chi connectivity index (χ0) is 10.4. The van der Waals surface area contributed by atoms with Crippen LogP contribution in [0.5, 0.6) is 0 Å². The first-order valence-electron chi connectivity index (χ1n) is 5.47. The summed E-state index contributed by atoms with van der Waals surface area (Å²) in [5.74, 6) is 5.54. The second-order valence-corrected chi connectivity index (χ2v) is 3.84. The van der Waals surface area contributed by atoms with Crippen molar-refractivity contribution in [2.45, 2.75) is 51.6 Å². The molecule has 0 unspecified atom stereocenters. The molecule has 1 rings (SSSR count). The van der Waals surface area contributed by atoms with Gasteiger partial charge in [0.2, 0.25) is 0 Å². The SMILES string of the molecule is CCCCN(N)C(=O)OC1CCCC1. The van der Waals surface area contributed by atoms with Gasteiger partial charge in [-0.25, -0.2) is 15.6 Å². The van der Waals surface area contributed by atoms with E-state index < -0.39 is 0 Å². The number of carbonyl (C=O) groups is 1. The number of hydrogen-bond acceptors (Lipinski definition) is 3. The fourth-order valence-electron chi connectivity index (χ4n) is 1.64.